The third-order valence-electron chi connectivity index (χ3n) is 2.15. The topological polar surface area (TPSA) is 54.9 Å². The average molecular weight is 202 g/mol. The average Bonchev–Trinajstić information content (AvgIpc) is 2.25. The molecule has 2 aromatic rings. The highest BCUT2D eigenvalue weighted by molar-refractivity contribution is 5.30. The molecule has 2 rings (SSSR count). The van der Waals surface area contributed by atoms with Gasteiger partial charge < -0.3 is 0 Å². The van der Waals surface area contributed by atoms with Crippen LogP contribution in [0, 0.1) is 6.92 Å². The minimum atomic E-state index is -0.251. The van der Waals surface area contributed by atoms with Crippen molar-refractivity contribution in [2.24, 2.45) is 0 Å². The summed E-state index contributed by atoms with van der Waals surface area (Å²) in [5.74, 6) is 0. The molecule has 0 saturated heterocycles. The van der Waals surface area contributed by atoms with Crippen LogP contribution in [-0.2, 0) is 0 Å². The Hall–Kier alpha value is -2.10. The molecule has 0 bridgehead atoms. The first kappa shape index (κ1) is 9.45. The van der Waals surface area contributed by atoms with Crippen molar-refractivity contribution in [1.29, 1.82) is 0 Å². The van der Waals surface area contributed by atoms with Gasteiger partial charge in [0.1, 0.15) is 0 Å². The Kier molecular flexibility index (Phi) is 2.25. The summed E-state index contributed by atoms with van der Waals surface area (Å²) < 4.78 is 1.23. The zero-order chi connectivity index (χ0) is 10.8. The van der Waals surface area contributed by atoms with Crippen molar-refractivity contribution in [1.82, 2.24) is 9.78 Å². The lowest BCUT2D eigenvalue weighted by molar-refractivity contribution is 0.778. The second-order valence-electron chi connectivity index (χ2n) is 3.28. The van der Waals surface area contributed by atoms with Gasteiger partial charge in [0.2, 0.25) is 0 Å². The number of nitrogens with zero attached hydrogens (tertiary/aromatic N) is 1. The van der Waals surface area contributed by atoms with Crippen molar-refractivity contribution >= 4 is 0 Å². The maximum atomic E-state index is 11.6. The van der Waals surface area contributed by atoms with Gasteiger partial charge in [-0.15, -0.1) is 0 Å². The lowest BCUT2D eigenvalue weighted by atomic mass is 10.3. The summed E-state index contributed by atoms with van der Waals surface area (Å²) >= 11 is 0. The van der Waals surface area contributed by atoms with Crippen LogP contribution < -0.4 is 11.1 Å². The molecule has 0 radical (unpaired) electrons. The van der Waals surface area contributed by atoms with Crippen LogP contribution in [0.4, 0.5) is 0 Å². The van der Waals surface area contributed by atoms with E-state index < -0.39 is 0 Å². The number of para-hydroxylation sites is 1. The lowest BCUT2D eigenvalue weighted by Gasteiger charge is -2.04. The molecule has 0 saturated carbocycles. The van der Waals surface area contributed by atoms with Gasteiger partial charge in [-0.1, -0.05) is 18.2 Å². The second kappa shape index (κ2) is 3.57. The highest BCUT2D eigenvalue weighted by Gasteiger charge is 2.01. The molecule has 0 spiro atoms. The summed E-state index contributed by atoms with van der Waals surface area (Å²) in [4.78, 5) is 22.9. The number of hydrogen-bond acceptors (Lipinski definition) is 2. The summed E-state index contributed by atoms with van der Waals surface area (Å²) in [5, 5.41) is 2.51. The third kappa shape index (κ3) is 1.74. The number of H-pyrrole nitrogens is 1. The Morgan fingerprint density at radius 1 is 1.13 bits per heavy atom. The van der Waals surface area contributed by atoms with E-state index in [1.165, 1.54) is 10.7 Å². The van der Waals surface area contributed by atoms with Gasteiger partial charge in [-0.2, -0.15) is 0 Å². The van der Waals surface area contributed by atoms with Crippen LogP contribution in [0.3, 0.4) is 0 Å². The maximum Gasteiger partial charge on any atom is 0.270 e. The molecule has 0 fully saturated rings. The van der Waals surface area contributed by atoms with E-state index in [0.717, 1.165) is 0 Å². The number of nitrogens with one attached hydrogen (secondary N) is 1. The normalized spacial score (nSPS) is 10.2. The van der Waals surface area contributed by atoms with Gasteiger partial charge in [-0.3, -0.25) is 14.7 Å². The van der Waals surface area contributed by atoms with Crippen molar-refractivity contribution in [2.75, 3.05) is 0 Å². The smallest absolute Gasteiger partial charge is 0.268 e. The zero-order valence-corrected chi connectivity index (χ0v) is 8.23. The van der Waals surface area contributed by atoms with E-state index in [4.69, 9.17) is 0 Å². The van der Waals surface area contributed by atoms with Gasteiger partial charge in [0, 0.05) is 11.6 Å². The minimum absolute atomic E-state index is 0.238. The predicted molar refractivity (Wildman–Crippen MR) is 57.4 cm³/mol. The van der Waals surface area contributed by atoms with Crippen LogP contribution >= 0.6 is 0 Å². The fourth-order valence-electron chi connectivity index (χ4n) is 1.33. The summed E-state index contributed by atoms with van der Waals surface area (Å²) in [5.41, 5.74) is 0.587. The van der Waals surface area contributed by atoms with Gasteiger partial charge in [0.25, 0.3) is 11.1 Å². The van der Waals surface area contributed by atoms with Gasteiger partial charge in [-0.25, -0.2) is 4.68 Å². The van der Waals surface area contributed by atoms with E-state index in [-0.39, 0.29) is 11.1 Å². The molecular weight excluding hydrogens is 192 g/mol. The standard InChI is InChI=1S/C11H10N2O2/c1-8-7-10(14)13(12-11(8)15)9-5-3-2-4-6-9/h2-7H,1H3,(H,12,15). The van der Waals surface area contributed by atoms with Crippen LogP contribution in [-0.4, -0.2) is 9.78 Å². The van der Waals surface area contributed by atoms with Crippen molar-refractivity contribution < 1.29 is 0 Å². The van der Waals surface area contributed by atoms with E-state index in [0.29, 0.717) is 11.3 Å². The van der Waals surface area contributed by atoms with Crippen molar-refractivity contribution in [3.8, 4) is 5.69 Å². The van der Waals surface area contributed by atoms with Crippen LogP contribution in [0.1, 0.15) is 5.56 Å². The number of hydrogen-bond donors (Lipinski definition) is 1. The number of aromatic nitrogens is 2. The molecule has 0 unspecified atom stereocenters. The van der Waals surface area contributed by atoms with Crippen LogP contribution in [0.15, 0.2) is 46.0 Å². The lowest BCUT2D eigenvalue weighted by Crippen LogP contribution is -2.28. The molecule has 0 aliphatic heterocycles. The van der Waals surface area contributed by atoms with Gasteiger partial charge >= 0.3 is 0 Å². The monoisotopic (exact) mass is 202 g/mol. The molecule has 4 nitrogen and oxygen atoms in total. The quantitative estimate of drug-likeness (QED) is 0.744. The number of aryl methyl sites for hydroxylation is 1. The Bertz CT molecular complexity index is 582. The maximum absolute atomic E-state index is 11.6. The highest BCUT2D eigenvalue weighted by Crippen LogP contribution is 2.00. The molecule has 1 aromatic heterocycles. The zero-order valence-electron chi connectivity index (χ0n) is 8.23. The molecule has 15 heavy (non-hydrogen) atoms. The fraction of sp³-hybridized carbons (Fsp3) is 0.0909. The first-order valence-electron chi connectivity index (χ1n) is 4.57. The summed E-state index contributed by atoms with van der Waals surface area (Å²) in [6.45, 7) is 1.61. The number of benzene rings is 1. The molecule has 4 heteroatoms. The van der Waals surface area contributed by atoms with Crippen molar-refractivity contribution in [2.45, 2.75) is 6.92 Å². The van der Waals surface area contributed by atoms with Crippen LogP contribution in [0.25, 0.3) is 5.69 Å². The van der Waals surface area contributed by atoms with E-state index in [1.54, 1.807) is 31.2 Å². The molecule has 1 aromatic carbocycles. The number of rotatable bonds is 1. The molecule has 1 heterocycles. The highest BCUT2D eigenvalue weighted by atomic mass is 16.2. The van der Waals surface area contributed by atoms with Gasteiger partial charge in [-0.05, 0) is 19.1 Å². The Balaban J connectivity index is 2.70. The molecule has 0 aliphatic carbocycles. The molecule has 0 atom stereocenters. The Labute approximate surface area is 85.8 Å². The second-order valence-corrected chi connectivity index (χ2v) is 3.28. The van der Waals surface area contributed by atoms with Gasteiger partial charge in [0.05, 0.1) is 5.69 Å². The predicted octanol–water partition coefficient (Wildman–Crippen LogP) is 0.834. The summed E-state index contributed by atoms with van der Waals surface area (Å²) in [7, 11) is 0. The third-order valence-corrected chi connectivity index (χ3v) is 2.15. The Morgan fingerprint density at radius 2 is 1.80 bits per heavy atom. The minimum Gasteiger partial charge on any atom is -0.268 e. The number of aromatic amines is 1. The van der Waals surface area contributed by atoms with Crippen molar-refractivity contribution in [3.05, 3.63) is 62.7 Å². The van der Waals surface area contributed by atoms with Crippen molar-refractivity contribution in [3.63, 3.8) is 0 Å². The summed E-state index contributed by atoms with van der Waals surface area (Å²) in [6, 6.07) is 10.3. The largest absolute Gasteiger partial charge is 0.270 e. The molecule has 76 valence electrons. The fourth-order valence-corrected chi connectivity index (χ4v) is 1.33. The molecule has 0 aliphatic rings. The SMILES string of the molecule is Cc1cc(=O)n(-c2ccccc2)[nH]c1=O. The molecular formula is C11H10N2O2. The van der Waals surface area contributed by atoms with Gasteiger partial charge in [0.15, 0.2) is 0 Å². The summed E-state index contributed by atoms with van der Waals surface area (Å²) in [6.07, 6.45) is 0. The first-order valence-corrected chi connectivity index (χ1v) is 4.57. The molecule has 0 amide bonds. The molecule has 1 N–H and O–H groups in total. The van der Waals surface area contributed by atoms with Crippen LogP contribution in [0.2, 0.25) is 0 Å². The van der Waals surface area contributed by atoms with E-state index in [9.17, 15) is 9.59 Å². The first-order chi connectivity index (χ1) is 7.18. The van der Waals surface area contributed by atoms with Crippen LogP contribution in [0.5, 0.6) is 0 Å². The van der Waals surface area contributed by atoms with E-state index in [1.807, 2.05) is 6.07 Å². The Morgan fingerprint density at radius 3 is 2.47 bits per heavy atom. The van der Waals surface area contributed by atoms with E-state index >= 15 is 0 Å². The van der Waals surface area contributed by atoms with E-state index in [2.05, 4.69) is 5.10 Å².